The third-order valence-corrected chi connectivity index (χ3v) is 6.42. The molecule has 0 saturated carbocycles. The average Bonchev–Trinajstić information content (AvgIpc) is 3.10. The highest BCUT2D eigenvalue weighted by Gasteiger charge is 2.25. The van der Waals surface area contributed by atoms with Gasteiger partial charge in [-0.05, 0) is 18.7 Å². The average molecular weight is 475 g/mol. The zero-order valence-electron chi connectivity index (χ0n) is 18.2. The first-order valence-corrected chi connectivity index (χ1v) is 11.2. The monoisotopic (exact) mass is 474 g/mol. The van der Waals surface area contributed by atoms with Gasteiger partial charge in [-0.3, -0.25) is 14.2 Å². The number of alkyl halides is 2. The highest BCUT2D eigenvalue weighted by Crippen LogP contribution is 2.20. The van der Waals surface area contributed by atoms with Gasteiger partial charge in [0.15, 0.2) is 5.57 Å². The fourth-order valence-electron chi connectivity index (χ4n) is 3.56. The van der Waals surface area contributed by atoms with Gasteiger partial charge in [0.05, 0.1) is 4.53 Å². The predicted octanol–water partition coefficient (Wildman–Crippen LogP) is 1.36. The summed E-state index contributed by atoms with van der Waals surface area (Å²) >= 11 is 0.965. The summed E-state index contributed by atoms with van der Waals surface area (Å²) in [6, 6.07) is 8.07. The van der Waals surface area contributed by atoms with Crippen molar-refractivity contribution in [3.63, 3.8) is 0 Å². The summed E-state index contributed by atoms with van der Waals surface area (Å²) in [5.74, 6) is -0.508. The standard InChI is InChI=1S/C23H24F2N4O3S/c1-3-9-29-21(31)19(14-16-7-5-6-8-18(16)32-23(24)25)33-22(29)17(15-26)20(30)28-12-10-27(4-2)11-13-28/h3,5-8,14,23H,1,4,9-13H2,2H3/b19-14-,22-17-. The van der Waals surface area contributed by atoms with Crippen molar-refractivity contribution in [1.82, 2.24) is 14.4 Å². The molecule has 0 bridgehead atoms. The fraction of sp³-hybridized carbons (Fsp3) is 0.348. The van der Waals surface area contributed by atoms with E-state index in [-0.39, 0.29) is 32.6 Å². The van der Waals surface area contributed by atoms with Gasteiger partial charge < -0.3 is 14.5 Å². The van der Waals surface area contributed by atoms with Crippen molar-refractivity contribution in [3.05, 3.63) is 62.0 Å². The van der Waals surface area contributed by atoms with Crippen LogP contribution < -0.4 is 19.5 Å². The minimum absolute atomic E-state index is 0.0773. The molecule has 1 aliphatic rings. The second-order valence-electron chi connectivity index (χ2n) is 7.25. The van der Waals surface area contributed by atoms with Crippen molar-refractivity contribution < 1.29 is 18.3 Å². The summed E-state index contributed by atoms with van der Waals surface area (Å²) in [4.78, 5) is 30.0. The van der Waals surface area contributed by atoms with Crippen LogP contribution in [0.5, 0.6) is 5.75 Å². The van der Waals surface area contributed by atoms with Crippen LogP contribution in [-0.4, -0.2) is 59.6 Å². The molecular formula is C23H24F2N4O3S. The van der Waals surface area contributed by atoms with Crippen molar-refractivity contribution in [2.75, 3.05) is 32.7 Å². The Morgan fingerprint density at radius 2 is 2.00 bits per heavy atom. The van der Waals surface area contributed by atoms with E-state index < -0.39 is 18.1 Å². The summed E-state index contributed by atoms with van der Waals surface area (Å²) in [5, 5.41) is 9.81. The fourth-order valence-corrected chi connectivity index (χ4v) is 4.65. The molecule has 2 aromatic rings. The Bertz CT molecular complexity index is 1240. The number of benzene rings is 1. The quantitative estimate of drug-likeness (QED) is 0.567. The van der Waals surface area contributed by atoms with Crippen LogP contribution in [0.1, 0.15) is 12.5 Å². The number of hydrogen-bond donors (Lipinski definition) is 0. The predicted molar refractivity (Wildman–Crippen MR) is 122 cm³/mol. The van der Waals surface area contributed by atoms with Crippen LogP contribution in [0.3, 0.4) is 0 Å². The third kappa shape index (κ3) is 5.56. The lowest BCUT2D eigenvalue weighted by Gasteiger charge is -2.33. The van der Waals surface area contributed by atoms with Gasteiger partial charge in [-0.2, -0.15) is 14.0 Å². The number of rotatable bonds is 7. The highest BCUT2D eigenvalue weighted by atomic mass is 32.1. The Hall–Kier alpha value is -3.29. The Morgan fingerprint density at radius 1 is 1.30 bits per heavy atom. The molecule has 0 N–H and O–H groups in total. The van der Waals surface area contributed by atoms with Crippen molar-refractivity contribution in [3.8, 4) is 11.8 Å². The van der Waals surface area contributed by atoms with E-state index in [1.54, 1.807) is 23.1 Å². The van der Waals surface area contributed by atoms with Crippen LogP contribution in [0.4, 0.5) is 8.78 Å². The van der Waals surface area contributed by atoms with E-state index in [0.29, 0.717) is 26.2 Å². The molecule has 3 rings (SSSR count). The van der Waals surface area contributed by atoms with Crippen molar-refractivity contribution >= 4 is 28.9 Å². The molecule has 1 aromatic heterocycles. The maximum Gasteiger partial charge on any atom is 0.387 e. The van der Waals surface area contributed by atoms with E-state index >= 15 is 0 Å². The Labute approximate surface area is 193 Å². The van der Waals surface area contributed by atoms with Gasteiger partial charge in [0.2, 0.25) is 0 Å². The number of nitriles is 1. The van der Waals surface area contributed by atoms with E-state index in [9.17, 15) is 23.6 Å². The maximum atomic E-state index is 13.1. The lowest BCUT2D eigenvalue weighted by molar-refractivity contribution is -0.126. The summed E-state index contributed by atoms with van der Waals surface area (Å²) < 4.78 is 31.8. The largest absolute Gasteiger partial charge is 0.434 e. The number of carbonyl (C=O) groups is 1. The number of carbonyl (C=O) groups excluding carboxylic acids is 1. The SMILES string of the molecule is C=CCn1c(=O)/c(=C/c2ccccc2OC(F)F)s/c1=C(/C#N)C(=O)N1CCN(CC)CC1. The number of para-hydroxylation sites is 1. The van der Waals surface area contributed by atoms with E-state index in [1.807, 2.05) is 13.0 Å². The van der Waals surface area contributed by atoms with Crippen molar-refractivity contribution in [2.24, 2.45) is 0 Å². The number of halogens is 2. The zero-order chi connectivity index (χ0) is 24.0. The summed E-state index contributed by atoms with van der Waals surface area (Å²) in [5.41, 5.74) is -0.284. The van der Waals surface area contributed by atoms with Gasteiger partial charge in [-0.1, -0.05) is 31.2 Å². The van der Waals surface area contributed by atoms with E-state index in [4.69, 9.17) is 0 Å². The Morgan fingerprint density at radius 3 is 2.61 bits per heavy atom. The molecule has 1 aliphatic heterocycles. The van der Waals surface area contributed by atoms with Crippen LogP contribution in [-0.2, 0) is 11.3 Å². The number of amides is 1. The Balaban J connectivity index is 2.13. The number of hydrogen-bond acceptors (Lipinski definition) is 6. The minimum Gasteiger partial charge on any atom is -0.434 e. The second kappa shape index (κ2) is 11.0. The van der Waals surface area contributed by atoms with Crippen LogP contribution >= 0.6 is 11.3 Å². The van der Waals surface area contributed by atoms with Crippen LogP contribution in [0.25, 0.3) is 11.6 Å². The lowest BCUT2D eigenvalue weighted by Crippen LogP contribution is -2.49. The smallest absolute Gasteiger partial charge is 0.387 e. The molecule has 1 fully saturated rings. The number of allylic oxidation sites excluding steroid dienone is 1. The van der Waals surface area contributed by atoms with Gasteiger partial charge in [-0.15, -0.1) is 17.9 Å². The lowest BCUT2D eigenvalue weighted by atomic mass is 10.2. The van der Waals surface area contributed by atoms with E-state index in [1.165, 1.54) is 22.8 Å². The van der Waals surface area contributed by atoms with E-state index in [2.05, 4.69) is 16.2 Å². The van der Waals surface area contributed by atoms with Gasteiger partial charge in [0.25, 0.3) is 11.5 Å². The Kier molecular flexibility index (Phi) is 8.14. The molecule has 1 saturated heterocycles. The molecule has 7 nitrogen and oxygen atoms in total. The summed E-state index contributed by atoms with van der Waals surface area (Å²) in [6.07, 6.45) is 2.92. The van der Waals surface area contributed by atoms with Crippen LogP contribution in [0, 0.1) is 11.3 Å². The third-order valence-electron chi connectivity index (χ3n) is 5.29. The van der Waals surface area contributed by atoms with Crippen LogP contribution in [0.15, 0.2) is 41.7 Å². The van der Waals surface area contributed by atoms with Gasteiger partial charge in [-0.25, -0.2) is 0 Å². The molecule has 174 valence electrons. The molecule has 0 aliphatic carbocycles. The molecule has 33 heavy (non-hydrogen) atoms. The molecule has 1 amide bonds. The number of aromatic nitrogens is 1. The van der Waals surface area contributed by atoms with Crippen molar-refractivity contribution in [1.29, 1.82) is 5.26 Å². The maximum absolute atomic E-state index is 13.1. The molecule has 2 heterocycles. The molecule has 0 atom stereocenters. The first-order valence-electron chi connectivity index (χ1n) is 10.4. The molecule has 0 unspecified atom stereocenters. The molecule has 0 radical (unpaired) electrons. The van der Waals surface area contributed by atoms with Gasteiger partial charge in [0, 0.05) is 38.3 Å². The number of piperazine rings is 1. The number of ether oxygens (including phenoxy) is 1. The minimum atomic E-state index is -3.01. The first kappa shape index (κ1) is 24.4. The number of thiazole rings is 1. The molecule has 10 heteroatoms. The van der Waals surface area contributed by atoms with E-state index in [0.717, 1.165) is 17.9 Å². The van der Waals surface area contributed by atoms with Gasteiger partial charge >= 0.3 is 6.61 Å². The van der Waals surface area contributed by atoms with Gasteiger partial charge in [0.1, 0.15) is 16.5 Å². The number of nitrogens with zero attached hydrogens (tertiary/aromatic N) is 4. The van der Waals surface area contributed by atoms with Crippen molar-refractivity contribution in [2.45, 2.75) is 20.1 Å². The first-order chi connectivity index (χ1) is 15.9. The molecule has 1 aromatic carbocycles. The second-order valence-corrected chi connectivity index (χ2v) is 8.28. The summed E-state index contributed by atoms with van der Waals surface area (Å²) in [7, 11) is 0. The zero-order valence-corrected chi connectivity index (χ0v) is 19.0. The molecule has 0 spiro atoms. The van der Waals surface area contributed by atoms with Crippen LogP contribution in [0.2, 0.25) is 0 Å². The summed E-state index contributed by atoms with van der Waals surface area (Å²) in [6.45, 7) is 6.08. The topological polar surface area (TPSA) is 78.6 Å². The number of likely N-dealkylation sites (N-methyl/N-ethyl adjacent to an activating group) is 1. The normalized spacial score (nSPS) is 16.0. The molecular weight excluding hydrogens is 450 g/mol. The highest BCUT2D eigenvalue weighted by molar-refractivity contribution is 7.07.